The molecule has 2 heterocycles. The van der Waals surface area contributed by atoms with E-state index in [1.165, 1.54) is 12.8 Å². The van der Waals surface area contributed by atoms with Crippen molar-refractivity contribution in [3.8, 4) is 0 Å². The fourth-order valence-electron chi connectivity index (χ4n) is 1.61. The minimum Gasteiger partial charge on any atom is -0.464 e. The van der Waals surface area contributed by atoms with E-state index in [2.05, 4.69) is 6.92 Å². The number of hydrogen-bond donors (Lipinski definition) is 0. The normalized spacial score (nSPS) is 26.9. The molecular weight excluding hydrogens is 180 g/mol. The Morgan fingerprint density at radius 3 is 3.14 bits per heavy atom. The predicted molar refractivity (Wildman–Crippen MR) is 51.8 cm³/mol. The van der Waals surface area contributed by atoms with Gasteiger partial charge in [0.25, 0.3) is 0 Å². The number of hydrogen-bond acceptors (Lipinski definition) is 3. The molecule has 0 bridgehead atoms. The molecule has 0 saturated carbocycles. The molecule has 1 saturated heterocycles. The third kappa shape index (κ3) is 2.16. The van der Waals surface area contributed by atoms with Crippen LogP contribution in [0.2, 0.25) is 0 Å². The first-order chi connectivity index (χ1) is 6.90. The van der Waals surface area contributed by atoms with Crippen molar-refractivity contribution in [2.45, 2.75) is 38.6 Å². The number of ether oxygens (including phenoxy) is 2. The molecule has 1 fully saturated rings. The van der Waals surface area contributed by atoms with Crippen LogP contribution < -0.4 is 0 Å². The average molecular weight is 196 g/mol. The zero-order valence-electron chi connectivity index (χ0n) is 8.44. The van der Waals surface area contributed by atoms with Crippen molar-refractivity contribution in [2.24, 2.45) is 0 Å². The fraction of sp³-hybridized carbons (Fsp3) is 0.636. The summed E-state index contributed by atoms with van der Waals surface area (Å²) in [4.78, 5) is 0. The van der Waals surface area contributed by atoms with Crippen molar-refractivity contribution in [2.75, 3.05) is 6.61 Å². The lowest BCUT2D eigenvalue weighted by molar-refractivity contribution is -0.0748. The van der Waals surface area contributed by atoms with Gasteiger partial charge in [-0.3, -0.25) is 0 Å². The highest BCUT2D eigenvalue weighted by Gasteiger charge is 2.28. The highest BCUT2D eigenvalue weighted by Crippen LogP contribution is 2.28. The maximum Gasteiger partial charge on any atom is 0.217 e. The molecule has 2 unspecified atom stereocenters. The van der Waals surface area contributed by atoms with E-state index >= 15 is 0 Å². The minimum absolute atomic E-state index is 0.241. The molecule has 1 aliphatic rings. The first kappa shape index (κ1) is 9.74. The number of furan rings is 1. The standard InChI is InChI=1S/C11H16O3/c1-2-3-5-9-8-13-11(14-9)10-6-4-7-12-10/h4,6-7,9,11H,2-3,5,8H2,1H3. The van der Waals surface area contributed by atoms with Crippen LogP contribution in [0, 0.1) is 0 Å². The van der Waals surface area contributed by atoms with Crippen LogP contribution in [0.25, 0.3) is 0 Å². The van der Waals surface area contributed by atoms with Crippen LogP contribution in [-0.2, 0) is 9.47 Å². The Balaban J connectivity index is 1.83. The van der Waals surface area contributed by atoms with Crippen LogP contribution in [0.15, 0.2) is 22.8 Å². The maximum atomic E-state index is 5.69. The first-order valence-corrected chi connectivity index (χ1v) is 5.20. The molecule has 1 aromatic heterocycles. The van der Waals surface area contributed by atoms with Crippen LogP contribution in [-0.4, -0.2) is 12.7 Å². The molecule has 2 rings (SSSR count). The lowest BCUT2D eigenvalue weighted by atomic mass is 10.2. The van der Waals surface area contributed by atoms with Gasteiger partial charge < -0.3 is 13.9 Å². The van der Waals surface area contributed by atoms with Gasteiger partial charge in [0.1, 0.15) is 0 Å². The van der Waals surface area contributed by atoms with Crippen LogP contribution >= 0.6 is 0 Å². The molecule has 1 aromatic rings. The molecule has 0 aliphatic carbocycles. The summed E-state index contributed by atoms with van der Waals surface area (Å²) < 4.78 is 16.4. The quantitative estimate of drug-likeness (QED) is 0.742. The maximum absolute atomic E-state index is 5.69. The van der Waals surface area contributed by atoms with Crippen LogP contribution in [0.4, 0.5) is 0 Å². The molecule has 1 aliphatic heterocycles. The Bertz CT molecular complexity index is 256. The summed E-state index contributed by atoms with van der Waals surface area (Å²) in [7, 11) is 0. The lowest BCUT2D eigenvalue weighted by Gasteiger charge is -2.08. The molecular formula is C11H16O3. The minimum atomic E-state index is -0.285. The van der Waals surface area contributed by atoms with Crippen LogP contribution in [0.3, 0.4) is 0 Å². The van der Waals surface area contributed by atoms with E-state index in [1.807, 2.05) is 12.1 Å². The third-order valence-corrected chi connectivity index (χ3v) is 2.40. The third-order valence-electron chi connectivity index (χ3n) is 2.40. The van der Waals surface area contributed by atoms with E-state index in [9.17, 15) is 0 Å². The van der Waals surface area contributed by atoms with Crippen molar-refractivity contribution in [3.05, 3.63) is 24.2 Å². The Hall–Kier alpha value is -0.800. The van der Waals surface area contributed by atoms with E-state index in [4.69, 9.17) is 13.9 Å². The van der Waals surface area contributed by atoms with Gasteiger partial charge in [0.2, 0.25) is 6.29 Å². The summed E-state index contributed by atoms with van der Waals surface area (Å²) in [5, 5.41) is 0. The zero-order chi connectivity index (χ0) is 9.80. The van der Waals surface area contributed by atoms with Gasteiger partial charge in [0.05, 0.1) is 19.0 Å². The molecule has 0 radical (unpaired) electrons. The highest BCUT2D eigenvalue weighted by molar-refractivity contribution is 5.00. The summed E-state index contributed by atoms with van der Waals surface area (Å²) in [6.45, 7) is 2.87. The summed E-state index contributed by atoms with van der Waals surface area (Å²) in [6, 6.07) is 3.73. The van der Waals surface area contributed by atoms with E-state index in [-0.39, 0.29) is 12.4 Å². The molecule has 0 aromatic carbocycles. The Morgan fingerprint density at radius 1 is 1.50 bits per heavy atom. The second-order valence-corrected chi connectivity index (χ2v) is 3.58. The van der Waals surface area contributed by atoms with Crippen LogP contribution in [0.1, 0.15) is 38.2 Å². The van der Waals surface area contributed by atoms with Gasteiger partial charge in [-0.2, -0.15) is 0 Å². The topological polar surface area (TPSA) is 31.6 Å². The van der Waals surface area contributed by atoms with Crippen molar-refractivity contribution in [1.82, 2.24) is 0 Å². The van der Waals surface area contributed by atoms with Gasteiger partial charge in [0.15, 0.2) is 5.76 Å². The average Bonchev–Trinajstić information content (AvgIpc) is 2.85. The SMILES string of the molecule is CCCCC1COC(c2ccco2)O1. The number of unbranched alkanes of at least 4 members (excludes halogenated alkanes) is 1. The predicted octanol–water partition coefficient (Wildman–Crippen LogP) is 2.88. The van der Waals surface area contributed by atoms with E-state index < -0.39 is 0 Å². The van der Waals surface area contributed by atoms with Gasteiger partial charge in [-0.05, 0) is 18.6 Å². The summed E-state index contributed by atoms with van der Waals surface area (Å²) >= 11 is 0. The first-order valence-electron chi connectivity index (χ1n) is 5.20. The van der Waals surface area contributed by atoms with Gasteiger partial charge in [0, 0.05) is 0 Å². The van der Waals surface area contributed by atoms with Crippen molar-refractivity contribution >= 4 is 0 Å². The smallest absolute Gasteiger partial charge is 0.217 e. The lowest BCUT2D eigenvalue weighted by Crippen LogP contribution is -2.08. The van der Waals surface area contributed by atoms with E-state index in [0.717, 1.165) is 12.2 Å². The molecule has 0 N–H and O–H groups in total. The number of rotatable bonds is 4. The van der Waals surface area contributed by atoms with E-state index in [0.29, 0.717) is 6.61 Å². The second-order valence-electron chi connectivity index (χ2n) is 3.58. The van der Waals surface area contributed by atoms with Gasteiger partial charge >= 0.3 is 0 Å². The largest absolute Gasteiger partial charge is 0.464 e. The fourth-order valence-corrected chi connectivity index (χ4v) is 1.61. The molecule has 78 valence electrons. The highest BCUT2D eigenvalue weighted by atomic mass is 16.7. The summed E-state index contributed by atoms with van der Waals surface area (Å²) in [5.41, 5.74) is 0. The molecule has 3 heteroatoms. The zero-order valence-corrected chi connectivity index (χ0v) is 8.44. The van der Waals surface area contributed by atoms with Crippen molar-refractivity contribution in [3.63, 3.8) is 0 Å². The van der Waals surface area contributed by atoms with Crippen molar-refractivity contribution < 1.29 is 13.9 Å². The Labute approximate surface area is 84.0 Å². The van der Waals surface area contributed by atoms with Gasteiger partial charge in [-0.15, -0.1) is 0 Å². The molecule has 0 amide bonds. The molecule has 2 atom stereocenters. The molecule has 14 heavy (non-hydrogen) atoms. The summed E-state index contributed by atoms with van der Waals surface area (Å²) in [5.74, 6) is 0.768. The van der Waals surface area contributed by atoms with Crippen molar-refractivity contribution in [1.29, 1.82) is 0 Å². The van der Waals surface area contributed by atoms with Gasteiger partial charge in [-0.1, -0.05) is 19.8 Å². The second kappa shape index (κ2) is 4.62. The summed E-state index contributed by atoms with van der Waals surface area (Å²) in [6.07, 6.45) is 5.07. The monoisotopic (exact) mass is 196 g/mol. The Morgan fingerprint density at radius 2 is 2.43 bits per heavy atom. The molecule has 3 nitrogen and oxygen atoms in total. The van der Waals surface area contributed by atoms with Gasteiger partial charge in [-0.25, -0.2) is 0 Å². The Kier molecular flexibility index (Phi) is 3.22. The van der Waals surface area contributed by atoms with Crippen LogP contribution in [0.5, 0.6) is 0 Å². The molecule has 0 spiro atoms. The van der Waals surface area contributed by atoms with E-state index in [1.54, 1.807) is 6.26 Å².